The average Bonchev–Trinajstić information content (AvgIpc) is 3.22. The van der Waals surface area contributed by atoms with Gasteiger partial charge in [-0.05, 0) is 17.7 Å². The quantitative estimate of drug-likeness (QED) is 0.692. The summed E-state index contributed by atoms with van der Waals surface area (Å²) in [5.41, 5.74) is 1.68. The van der Waals surface area contributed by atoms with Crippen molar-refractivity contribution in [3.63, 3.8) is 0 Å². The van der Waals surface area contributed by atoms with Crippen molar-refractivity contribution < 1.29 is 19.1 Å². The highest BCUT2D eigenvalue weighted by molar-refractivity contribution is 6.02. The molecule has 9 heteroatoms. The van der Waals surface area contributed by atoms with Crippen LogP contribution in [0.2, 0.25) is 0 Å². The summed E-state index contributed by atoms with van der Waals surface area (Å²) in [6, 6.07) is 16.0. The van der Waals surface area contributed by atoms with Crippen LogP contribution in [-0.2, 0) is 16.1 Å². The molecule has 1 N–H and O–H groups in total. The molecule has 1 aromatic heterocycles. The first-order valence-electron chi connectivity index (χ1n) is 10.00. The molecule has 0 spiro atoms. The van der Waals surface area contributed by atoms with E-state index in [-0.39, 0.29) is 31.0 Å². The topological polar surface area (TPSA) is 98.6 Å². The highest BCUT2D eigenvalue weighted by atomic mass is 16.5. The van der Waals surface area contributed by atoms with E-state index in [1.54, 1.807) is 23.9 Å². The molecule has 1 unspecified atom stereocenters. The summed E-state index contributed by atoms with van der Waals surface area (Å²) in [6.07, 6.45) is 0. The highest BCUT2D eigenvalue weighted by Gasteiger charge is 2.33. The number of para-hydroxylation sites is 2. The standard InChI is InChI=1S/C22H21N5O4/c1-26-16-9-5-6-10-18(16)31-11-15(22(26)29)23-21(28)20-24-19-13-30-12-17(27(19)25-20)14-7-3-2-4-8-14/h2-10,15,17H,11-13H2,1H3,(H,23,28)/t15-,17?/m0/s1. The van der Waals surface area contributed by atoms with Gasteiger partial charge in [0.05, 0.1) is 12.3 Å². The van der Waals surface area contributed by atoms with Gasteiger partial charge < -0.3 is 19.7 Å². The molecule has 2 atom stereocenters. The Balaban J connectivity index is 1.36. The molecule has 5 rings (SSSR count). The lowest BCUT2D eigenvalue weighted by atomic mass is 10.1. The molecule has 2 aliphatic heterocycles. The summed E-state index contributed by atoms with van der Waals surface area (Å²) in [7, 11) is 1.66. The van der Waals surface area contributed by atoms with Crippen molar-refractivity contribution in [3.8, 4) is 5.75 Å². The normalized spacial score (nSPS) is 20.3. The van der Waals surface area contributed by atoms with Gasteiger partial charge in [-0.1, -0.05) is 42.5 Å². The third-order valence-electron chi connectivity index (χ3n) is 5.46. The minimum absolute atomic E-state index is 0.00125. The first-order valence-corrected chi connectivity index (χ1v) is 10.00. The zero-order valence-corrected chi connectivity index (χ0v) is 16.9. The molecular weight excluding hydrogens is 398 g/mol. The molecule has 158 valence electrons. The monoisotopic (exact) mass is 419 g/mol. The van der Waals surface area contributed by atoms with E-state index in [9.17, 15) is 9.59 Å². The van der Waals surface area contributed by atoms with Gasteiger partial charge in [-0.15, -0.1) is 5.10 Å². The summed E-state index contributed by atoms with van der Waals surface area (Å²) in [4.78, 5) is 31.6. The second-order valence-electron chi connectivity index (χ2n) is 7.44. The smallest absolute Gasteiger partial charge is 0.291 e. The van der Waals surface area contributed by atoms with Crippen molar-refractivity contribution in [2.24, 2.45) is 0 Å². The molecule has 0 saturated carbocycles. The van der Waals surface area contributed by atoms with E-state index in [0.717, 1.165) is 5.56 Å². The number of nitrogens with one attached hydrogen (secondary N) is 1. The summed E-state index contributed by atoms with van der Waals surface area (Å²) >= 11 is 0. The molecule has 3 aromatic rings. The number of hydrogen-bond donors (Lipinski definition) is 1. The Morgan fingerprint density at radius 3 is 2.71 bits per heavy atom. The van der Waals surface area contributed by atoms with Crippen LogP contribution in [0.4, 0.5) is 5.69 Å². The molecule has 0 saturated heterocycles. The highest BCUT2D eigenvalue weighted by Crippen LogP contribution is 2.30. The molecule has 9 nitrogen and oxygen atoms in total. The Morgan fingerprint density at radius 2 is 1.87 bits per heavy atom. The van der Waals surface area contributed by atoms with E-state index in [0.29, 0.717) is 23.9 Å². The summed E-state index contributed by atoms with van der Waals surface area (Å²) in [5.74, 6) is 0.355. The van der Waals surface area contributed by atoms with Crippen LogP contribution in [0.15, 0.2) is 54.6 Å². The maximum Gasteiger partial charge on any atom is 0.291 e. The fourth-order valence-electron chi connectivity index (χ4n) is 3.82. The maximum absolute atomic E-state index is 12.9. The Kier molecular flexibility index (Phi) is 4.87. The van der Waals surface area contributed by atoms with Crippen molar-refractivity contribution in [1.82, 2.24) is 20.1 Å². The molecule has 3 heterocycles. The molecule has 0 radical (unpaired) electrons. The van der Waals surface area contributed by atoms with Gasteiger partial charge in [0.1, 0.15) is 31.0 Å². The molecule has 0 fully saturated rings. The SMILES string of the molecule is CN1C(=O)[C@@H](NC(=O)c2nc3n(n2)C(c2ccccc2)COC3)COc2ccccc21. The van der Waals surface area contributed by atoms with E-state index >= 15 is 0 Å². The van der Waals surface area contributed by atoms with Gasteiger partial charge in [0.25, 0.3) is 11.8 Å². The number of aromatic nitrogens is 3. The molecule has 2 aliphatic rings. The number of anilines is 1. The van der Waals surface area contributed by atoms with Gasteiger partial charge in [-0.3, -0.25) is 9.59 Å². The third-order valence-corrected chi connectivity index (χ3v) is 5.46. The first kappa shape index (κ1) is 19.3. The number of fused-ring (bicyclic) bond motifs is 2. The Bertz CT molecular complexity index is 1130. The summed E-state index contributed by atoms with van der Waals surface area (Å²) < 4.78 is 13.1. The number of carbonyl (C=O) groups excluding carboxylic acids is 2. The van der Waals surface area contributed by atoms with Gasteiger partial charge in [0.15, 0.2) is 5.82 Å². The summed E-state index contributed by atoms with van der Waals surface area (Å²) in [6.45, 7) is 0.738. The van der Waals surface area contributed by atoms with Crippen molar-refractivity contribution in [1.29, 1.82) is 0 Å². The number of amides is 2. The Hall–Kier alpha value is -3.72. The zero-order chi connectivity index (χ0) is 21.4. The number of carbonyl (C=O) groups is 2. The minimum Gasteiger partial charge on any atom is -0.489 e. The number of hydrogen-bond acceptors (Lipinski definition) is 6. The first-order chi connectivity index (χ1) is 15.1. The van der Waals surface area contributed by atoms with Crippen LogP contribution < -0.4 is 15.0 Å². The Labute approximate surface area is 178 Å². The van der Waals surface area contributed by atoms with E-state index in [2.05, 4.69) is 15.4 Å². The van der Waals surface area contributed by atoms with Crippen LogP contribution in [-0.4, -0.2) is 52.9 Å². The molecule has 2 amide bonds. The molecule has 2 aromatic carbocycles. The molecule has 0 aliphatic carbocycles. The number of rotatable bonds is 3. The molecule has 0 bridgehead atoms. The lowest BCUT2D eigenvalue weighted by molar-refractivity contribution is -0.120. The van der Waals surface area contributed by atoms with E-state index < -0.39 is 11.9 Å². The molecular formula is C22H21N5O4. The van der Waals surface area contributed by atoms with Crippen LogP contribution in [0.5, 0.6) is 5.75 Å². The number of benzene rings is 2. The van der Waals surface area contributed by atoms with Gasteiger partial charge in [0, 0.05) is 7.05 Å². The lowest BCUT2D eigenvalue weighted by Gasteiger charge is -2.23. The van der Waals surface area contributed by atoms with Gasteiger partial charge >= 0.3 is 0 Å². The number of ether oxygens (including phenoxy) is 2. The van der Waals surface area contributed by atoms with Crippen LogP contribution in [0.1, 0.15) is 28.0 Å². The number of likely N-dealkylation sites (N-methyl/N-ethyl adjacent to an activating group) is 1. The average molecular weight is 419 g/mol. The van der Waals surface area contributed by atoms with Crippen LogP contribution in [0.3, 0.4) is 0 Å². The third kappa shape index (κ3) is 3.53. The van der Waals surface area contributed by atoms with Crippen molar-refractivity contribution in [3.05, 3.63) is 71.8 Å². The van der Waals surface area contributed by atoms with Crippen LogP contribution in [0.25, 0.3) is 0 Å². The second-order valence-corrected chi connectivity index (χ2v) is 7.44. The van der Waals surface area contributed by atoms with Gasteiger partial charge in [0.2, 0.25) is 5.82 Å². The molecule has 31 heavy (non-hydrogen) atoms. The fourth-order valence-corrected chi connectivity index (χ4v) is 3.82. The van der Waals surface area contributed by atoms with Crippen molar-refractivity contribution in [2.75, 3.05) is 25.2 Å². The lowest BCUT2D eigenvalue weighted by Crippen LogP contribution is -2.49. The van der Waals surface area contributed by atoms with E-state index in [1.165, 1.54) is 4.90 Å². The van der Waals surface area contributed by atoms with E-state index in [4.69, 9.17) is 9.47 Å². The van der Waals surface area contributed by atoms with Gasteiger partial charge in [-0.25, -0.2) is 9.67 Å². The van der Waals surface area contributed by atoms with Crippen molar-refractivity contribution >= 4 is 17.5 Å². The van der Waals surface area contributed by atoms with Crippen LogP contribution in [0, 0.1) is 0 Å². The van der Waals surface area contributed by atoms with Crippen molar-refractivity contribution in [2.45, 2.75) is 18.7 Å². The minimum atomic E-state index is -0.855. The number of nitrogens with zero attached hydrogens (tertiary/aromatic N) is 4. The summed E-state index contributed by atoms with van der Waals surface area (Å²) in [5, 5.41) is 7.15. The largest absolute Gasteiger partial charge is 0.489 e. The fraction of sp³-hybridized carbons (Fsp3) is 0.273. The van der Waals surface area contributed by atoms with Gasteiger partial charge in [-0.2, -0.15) is 0 Å². The van der Waals surface area contributed by atoms with E-state index in [1.807, 2.05) is 42.5 Å². The second kappa shape index (κ2) is 7.84. The predicted octanol–water partition coefficient (Wildman–Crippen LogP) is 1.55. The Morgan fingerprint density at radius 1 is 1.10 bits per heavy atom. The van der Waals surface area contributed by atoms with Crippen LogP contribution >= 0.6 is 0 Å². The zero-order valence-electron chi connectivity index (χ0n) is 16.9. The predicted molar refractivity (Wildman–Crippen MR) is 111 cm³/mol. The maximum atomic E-state index is 12.9.